The van der Waals surface area contributed by atoms with Gasteiger partial charge in [0.1, 0.15) is 0 Å². The number of hydrogen-bond donors (Lipinski definition) is 1. The molecule has 2 rings (SSSR count). The van der Waals surface area contributed by atoms with Crippen LogP contribution in [0.4, 0.5) is 0 Å². The molecule has 1 aromatic heterocycles. The van der Waals surface area contributed by atoms with Crippen LogP contribution in [0, 0.1) is 0 Å². The molecule has 0 fully saturated rings. The first kappa shape index (κ1) is 13.3. The lowest BCUT2D eigenvalue weighted by Gasteiger charge is -2.25. The predicted molar refractivity (Wildman–Crippen MR) is 77.1 cm³/mol. The normalized spacial score (nSPS) is 14.3. The molecule has 18 heavy (non-hydrogen) atoms. The van der Waals surface area contributed by atoms with Crippen LogP contribution in [0.5, 0.6) is 0 Å². The van der Waals surface area contributed by atoms with Gasteiger partial charge in [0.25, 0.3) is 0 Å². The molecule has 2 aromatic rings. The van der Waals surface area contributed by atoms with Crippen molar-refractivity contribution in [3.8, 4) is 0 Å². The fourth-order valence-electron chi connectivity index (χ4n) is 2.18. The second-order valence-electron chi connectivity index (χ2n) is 4.25. The lowest BCUT2D eigenvalue weighted by molar-refractivity contribution is 0.0706. The molecule has 2 nitrogen and oxygen atoms in total. The van der Waals surface area contributed by atoms with Gasteiger partial charge in [0.05, 0.1) is 6.10 Å². The number of rotatable bonds is 6. The van der Waals surface area contributed by atoms with Crippen LogP contribution in [0.15, 0.2) is 47.8 Å². The van der Waals surface area contributed by atoms with Gasteiger partial charge in [-0.2, -0.15) is 0 Å². The second kappa shape index (κ2) is 6.69. The van der Waals surface area contributed by atoms with Crippen molar-refractivity contribution in [2.45, 2.75) is 18.6 Å². The van der Waals surface area contributed by atoms with Gasteiger partial charge in [-0.25, -0.2) is 0 Å². The molecule has 2 unspecified atom stereocenters. The number of methoxy groups -OCH3 is 1. The summed E-state index contributed by atoms with van der Waals surface area (Å²) in [6, 6.07) is 14.9. The molecule has 0 saturated carbocycles. The van der Waals surface area contributed by atoms with E-state index in [4.69, 9.17) is 4.74 Å². The van der Waals surface area contributed by atoms with Crippen LogP contribution in [-0.4, -0.2) is 20.2 Å². The molecule has 3 heteroatoms. The lowest BCUT2D eigenvalue weighted by atomic mass is 9.99. The second-order valence-corrected chi connectivity index (χ2v) is 5.28. The fourth-order valence-corrected chi connectivity index (χ4v) is 2.95. The molecule has 0 amide bonds. The van der Waals surface area contributed by atoms with Gasteiger partial charge in [-0.3, -0.25) is 0 Å². The van der Waals surface area contributed by atoms with E-state index in [1.54, 1.807) is 18.4 Å². The van der Waals surface area contributed by atoms with Gasteiger partial charge >= 0.3 is 0 Å². The van der Waals surface area contributed by atoms with E-state index in [0.29, 0.717) is 0 Å². The van der Waals surface area contributed by atoms with Crippen molar-refractivity contribution in [1.29, 1.82) is 0 Å². The average molecular weight is 261 g/mol. The number of likely N-dealkylation sites (N-methyl/N-ethyl adjacent to an activating group) is 1. The summed E-state index contributed by atoms with van der Waals surface area (Å²) in [4.78, 5) is 1.38. The minimum atomic E-state index is 0.0818. The Labute approximate surface area is 113 Å². The number of ether oxygens (including phenoxy) is 1. The van der Waals surface area contributed by atoms with Gasteiger partial charge in [-0.15, -0.1) is 11.3 Å². The maximum atomic E-state index is 5.68. The number of benzene rings is 1. The molecular formula is C15H19NOS. The topological polar surface area (TPSA) is 21.3 Å². The molecule has 0 aliphatic heterocycles. The third-order valence-corrected chi connectivity index (χ3v) is 4.02. The van der Waals surface area contributed by atoms with Gasteiger partial charge < -0.3 is 10.1 Å². The van der Waals surface area contributed by atoms with E-state index in [9.17, 15) is 0 Å². The van der Waals surface area contributed by atoms with Crippen LogP contribution in [-0.2, 0) is 11.2 Å². The van der Waals surface area contributed by atoms with E-state index in [1.165, 1.54) is 10.4 Å². The van der Waals surface area contributed by atoms with E-state index < -0.39 is 0 Å². The minimum Gasteiger partial charge on any atom is -0.375 e. The Kier molecular flexibility index (Phi) is 4.93. The number of hydrogen-bond acceptors (Lipinski definition) is 3. The third kappa shape index (κ3) is 3.19. The van der Waals surface area contributed by atoms with E-state index in [1.807, 2.05) is 13.1 Å². The van der Waals surface area contributed by atoms with Crippen LogP contribution in [0.2, 0.25) is 0 Å². The predicted octanol–water partition coefficient (Wildman–Crippen LogP) is 3.27. The highest BCUT2D eigenvalue weighted by Gasteiger charge is 2.21. The van der Waals surface area contributed by atoms with E-state index in [-0.39, 0.29) is 12.1 Å². The Bertz CT molecular complexity index is 441. The zero-order valence-electron chi connectivity index (χ0n) is 10.8. The summed E-state index contributed by atoms with van der Waals surface area (Å²) in [5.41, 5.74) is 1.22. The van der Waals surface area contributed by atoms with Gasteiger partial charge in [-0.1, -0.05) is 36.4 Å². The molecule has 0 radical (unpaired) electrons. The summed E-state index contributed by atoms with van der Waals surface area (Å²) in [5.74, 6) is 0. The molecule has 0 aliphatic rings. The first-order valence-electron chi connectivity index (χ1n) is 6.12. The molecule has 96 valence electrons. The first-order valence-corrected chi connectivity index (χ1v) is 7.00. The molecule has 0 saturated heterocycles. The summed E-state index contributed by atoms with van der Waals surface area (Å²) in [6.07, 6.45) is 1.07. The minimum absolute atomic E-state index is 0.0818. The summed E-state index contributed by atoms with van der Waals surface area (Å²) in [7, 11) is 3.77. The molecule has 0 bridgehead atoms. The Balaban J connectivity index is 2.14. The van der Waals surface area contributed by atoms with Crippen molar-refractivity contribution in [3.05, 3.63) is 58.3 Å². The van der Waals surface area contributed by atoms with Crippen molar-refractivity contribution < 1.29 is 4.74 Å². The standard InChI is InChI=1S/C15H19NOS/c1-16-14(11-13-9-6-10-18-13)15(17-2)12-7-4-3-5-8-12/h3-10,14-16H,11H2,1-2H3. The van der Waals surface area contributed by atoms with Crippen molar-refractivity contribution in [1.82, 2.24) is 5.32 Å². The molecule has 1 aromatic carbocycles. The highest BCUT2D eigenvalue weighted by atomic mass is 32.1. The summed E-state index contributed by atoms with van der Waals surface area (Å²) in [5, 5.41) is 5.49. The molecule has 1 heterocycles. The largest absolute Gasteiger partial charge is 0.375 e. The fraction of sp³-hybridized carbons (Fsp3) is 0.333. The van der Waals surface area contributed by atoms with Crippen LogP contribution in [0.3, 0.4) is 0 Å². The average Bonchev–Trinajstić information content (AvgIpc) is 2.92. The lowest BCUT2D eigenvalue weighted by Crippen LogP contribution is -2.35. The van der Waals surface area contributed by atoms with Gasteiger partial charge in [-0.05, 0) is 30.5 Å². The van der Waals surface area contributed by atoms with Crippen LogP contribution < -0.4 is 5.32 Å². The van der Waals surface area contributed by atoms with Crippen LogP contribution >= 0.6 is 11.3 Å². The highest BCUT2D eigenvalue weighted by Crippen LogP contribution is 2.24. The zero-order valence-corrected chi connectivity index (χ0v) is 11.6. The number of nitrogens with one attached hydrogen (secondary N) is 1. The third-order valence-electron chi connectivity index (χ3n) is 3.12. The maximum Gasteiger partial charge on any atom is 0.0977 e. The van der Waals surface area contributed by atoms with Crippen molar-refractivity contribution >= 4 is 11.3 Å². The van der Waals surface area contributed by atoms with Gasteiger partial charge in [0.15, 0.2) is 0 Å². The first-order chi connectivity index (χ1) is 8.85. The molecule has 1 N–H and O–H groups in total. The van der Waals surface area contributed by atoms with Crippen molar-refractivity contribution in [2.75, 3.05) is 14.2 Å². The van der Waals surface area contributed by atoms with Gasteiger partial charge in [0.2, 0.25) is 0 Å². The molecule has 2 atom stereocenters. The highest BCUT2D eigenvalue weighted by molar-refractivity contribution is 7.09. The Morgan fingerprint density at radius 2 is 1.94 bits per heavy atom. The number of thiophene rings is 1. The van der Waals surface area contributed by atoms with Crippen LogP contribution in [0.25, 0.3) is 0 Å². The van der Waals surface area contributed by atoms with Crippen molar-refractivity contribution in [2.24, 2.45) is 0 Å². The SMILES string of the molecule is CNC(Cc1cccs1)C(OC)c1ccccc1. The Hall–Kier alpha value is -1.16. The van der Waals surface area contributed by atoms with E-state index in [0.717, 1.165) is 6.42 Å². The van der Waals surface area contributed by atoms with E-state index in [2.05, 4.69) is 47.1 Å². The summed E-state index contributed by atoms with van der Waals surface area (Å²) in [6.45, 7) is 0. The molecular weight excluding hydrogens is 242 g/mol. The molecule has 0 spiro atoms. The smallest absolute Gasteiger partial charge is 0.0977 e. The maximum absolute atomic E-state index is 5.68. The van der Waals surface area contributed by atoms with Crippen LogP contribution in [0.1, 0.15) is 16.5 Å². The molecule has 0 aliphatic carbocycles. The van der Waals surface area contributed by atoms with Crippen molar-refractivity contribution in [3.63, 3.8) is 0 Å². The van der Waals surface area contributed by atoms with Gasteiger partial charge in [0, 0.05) is 18.0 Å². The Morgan fingerprint density at radius 3 is 2.50 bits per heavy atom. The van der Waals surface area contributed by atoms with E-state index >= 15 is 0 Å². The zero-order chi connectivity index (χ0) is 12.8. The Morgan fingerprint density at radius 1 is 1.17 bits per heavy atom. The quantitative estimate of drug-likeness (QED) is 0.861. The summed E-state index contributed by atoms with van der Waals surface area (Å²) < 4.78 is 5.68. The summed E-state index contributed by atoms with van der Waals surface area (Å²) >= 11 is 1.79. The monoisotopic (exact) mass is 261 g/mol.